The Morgan fingerprint density at radius 2 is 2.50 bits per heavy atom. The van der Waals surface area contributed by atoms with E-state index in [-0.39, 0.29) is 6.61 Å². The van der Waals surface area contributed by atoms with Gasteiger partial charge in [-0.3, -0.25) is 0 Å². The maximum atomic E-state index is 8.60. The van der Waals surface area contributed by atoms with Gasteiger partial charge in [0.2, 0.25) is 0 Å². The lowest BCUT2D eigenvalue weighted by Crippen LogP contribution is -2.03. The molecule has 0 amide bonds. The summed E-state index contributed by atoms with van der Waals surface area (Å²) in [6.07, 6.45) is 1.39. The molecule has 0 spiro atoms. The van der Waals surface area contributed by atoms with Crippen molar-refractivity contribution >= 4 is 0 Å². The highest BCUT2D eigenvalue weighted by molar-refractivity contribution is 4.68. The summed E-state index contributed by atoms with van der Waals surface area (Å²) in [5.41, 5.74) is 0. The highest BCUT2D eigenvalue weighted by Gasteiger charge is 2.20. The molecule has 0 unspecified atom stereocenters. The maximum Gasteiger partial charge on any atom is 0.0551 e. The Labute approximate surface area is 49.5 Å². The van der Waals surface area contributed by atoms with Crippen LogP contribution in [0.15, 0.2) is 0 Å². The summed E-state index contributed by atoms with van der Waals surface area (Å²) in [5.74, 6) is 0.407. The van der Waals surface area contributed by atoms with Gasteiger partial charge >= 0.3 is 0 Å². The predicted molar refractivity (Wildman–Crippen MR) is 30.6 cm³/mol. The fourth-order valence-corrected chi connectivity index (χ4v) is 1.03. The van der Waals surface area contributed by atoms with Crippen LogP contribution in [0.3, 0.4) is 0 Å². The first-order valence-corrected chi connectivity index (χ1v) is 3.05. The van der Waals surface area contributed by atoms with Crippen LogP contribution in [0.4, 0.5) is 0 Å². The van der Waals surface area contributed by atoms with Gasteiger partial charge in [-0.2, -0.15) is 0 Å². The largest absolute Gasteiger partial charge is 0.396 e. The number of aliphatic hydroxyl groups excluding tert-OH is 1. The molecule has 2 nitrogen and oxygen atoms in total. The molecule has 1 N–H and O–H groups in total. The van der Waals surface area contributed by atoms with Crippen molar-refractivity contribution in [3.8, 4) is 0 Å². The fourth-order valence-electron chi connectivity index (χ4n) is 1.03. The molecule has 0 radical (unpaired) electrons. The van der Waals surface area contributed by atoms with E-state index in [4.69, 9.17) is 9.84 Å². The van der Waals surface area contributed by atoms with Crippen molar-refractivity contribution in [2.45, 2.75) is 19.4 Å². The first-order valence-electron chi connectivity index (χ1n) is 3.05. The summed E-state index contributed by atoms with van der Waals surface area (Å²) >= 11 is 0. The third-order valence-corrected chi connectivity index (χ3v) is 1.54. The summed E-state index contributed by atoms with van der Waals surface area (Å²) in [4.78, 5) is 0. The van der Waals surface area contributed by atoms with E-state index in [1.165, 1.54) is 0 Å². The van der Waals surface area contributed by atoms with E-state index < -0.39 is 0 Å². The maximum absolute atomic E-state index is 8.60. The zero-order valence-corrected chi connectivity index (χ0v) is 5.13. The smallest absolute Gasteiger partial charge is 0.0551 e. The molecule has 0 aliphatic carbocycles. The Balaban J connectivity index is 2.22. The van der Waals surface area contributed by atoms with Crippen molar-refractivity contribution in [3.63, 3.8) is 0 Å². The number of aliphatic hydroxyl groups is 1. The molecule has 0 aromatic carbocycles. The first-order chi connectivity index (χ1) is 3.83. The molecule has 1 aliphatic heterocycles. The summed E-state index contributed by atoms with van der Waals surface area (Å²) in [5, 5.41) is 8.60. The molecule has 0 bridgehead atoms. The Hall–Kier alpha value is -0.0800. The zero-order valence-electron chi connectivity index (χ0n) is 5.13. The van der Waals surface area contributed by atoms with Gasteiger partial charge in [0.25, 0.3) is 0 Å². The van der Waals surface area contributed by atoms with E-state index in [2.05, 4.69) is 0 Å². The van der Waals surface area contributed by atoms with Gasteiger partial charge < -0.3 is 9.84 Å². The minimum Gasteiger partial charge on any atom is -0.396 e. The number of rotatable bonds is 1. The van der Waals surface area contributed by atoms with Crippen LogP contribution in [0.5, 0.6) is 0 Å². The molecule has 0 aromatic heterocycles. The Bertz CT molecular complexity index is 72.9. The van der Waals surface area contributed by atoms with E-state index >= 15 is 0 Å². The highest BCUT2D eigenvalue weighted by Crippen LogP contribution is 2.17. The van der Waals surface area contributed by atoms with E-state index in [1.807, 2.05) is 6.92 Å². The molecule has 1 rings (SSSR count). The third kappa shape index (κ3) is 1.20. The molecule has 1 heterocycles. The average molecular weight is 116 g/mol. The first kappa shape index (κ1) is 6.05. The van der Waals surface area contributed by atoms with E-state index in [0.717, 1.165) is 13.0 Å². The van der Waals surface area contributed by atoms with Crippen LogP contribution in [0.2, 0.25) is 0 Å². The SMILES string of the molecule is C[C@H]1C[C@H](CO)CO1. The number of ether oxygens (including phenoxy) is 1. The van der Waals surface area contributed by atoms with Crippen LogP contribution < -0.4 is 0 Å². The lowest BCUT2D eigenvalue weighted by atomic mass is 10.1. The standard InChI is InChI=1S/C6H12O2/c1-5-2-6(3-7)4-8-5/h5-7H,2-4H2,1H3/t5-,6+/m0/s1. The van der Waals surface area contributed by atoms with E-state index in [0.29, 0.717) is 12.0 Å². The molecule has 8 heavy (non-hydrogen) atoms. The Kier molecular flexibility index (Phi) is 1.86. The fraction of sp³-hybridized carbons (Fsp3) is 1.00. The van der Waals surface area contributed by atoms with Crippen molar-refractivity contribution < 1.29 is 9.84 Å². The molecule has 2 atom stereocenters. The van der Waals surface area contributed by atoms with Gasteiger partial charge in [-0.05, 0) is 13.3 Å². The Morgan fingerprint density at radius 1 is 1.75 bits per heavy atom. The lowest BCUT2D eigenvalue weighted by Gasteiger charge is -1.98. The number of hydrogen-bond donors (Lipinski definition) is 1. The second kappa shape index (κ2) is 2.46. The van der Waals surface area contributed by atoms with Gasteiger partial charge in [-0.25, -0.2) is 0 Å². The van der Waals surface area contributed by atoms with E-state index in [1.54, 1.807) is 0 Å². The van der Waals surface area contributed by atoms with Crippen molar-refractivity contribution in [3.05, 3.63) is 0 Å². The quantitative estimate of drug-likeness (QED) is 0.537. The summed E-state index contributed by atoms with van der Waals surface area (Å²) < 4.78 is 5.20. The normalized spacial score (nSPS) is 38.2. The van der Waals surface area contributed by atoms with Gasteiger partial charge in [-0.15, -0.1) is 0 Å². The van der Waals surface area contributed by atoms with Crippen molar-refractivity contribution in [2.75, 3.05) is 13.2 Å². The molecular weight excluding hydrogens is 104 g/mol. The Morgan fingerprint density at radius 3 is 2.75 bits per heavy atom. The van der Waals surface area contributed by atoms with Crippen LogP contribution in [-0.2, 0) is 4.74 Å². The van der Waals surface area contributed by atoms with Gasteiger partial charge in [0.05, 0.1) is 12.7 Å². The zero-order chi connectivity index (χ0) is 5.98. The summed E-state index contributed by atoms with van der Waals surface area (Å²) in [6.45, 7) is 3.07. The molecule has 1 saturated heterocycles. The van der Waals surface area contributed by atoms with Gasteiger partial charge in [0, 0.05) is 12.5 Å². The molecule has 1 fully saturated rings. The summed E-state index contributed by atoms with van der Waals surface area (Å²) in [6, 6.07) is 0. The molecule has 0 aromatic rings. The van der Waals surface area contributed by atoms with Gasteiger partial charge in [0.15, 0.2) is 0 Å². The summed E-state index contributed by atoms with van der Waals surface area (Å²) in [7, 11) is 0. The van der Waals surface area contributed by atoms with Gasteiger partial charge in [0.1, 0.15) is 0 Å². The topological polar surface area (TPSA) is 29.5 Å². The van der Waals surface area contributed by atoms with Crippen molar-refractivity contribution in [2.24, 2.45) is 5.92 Å². The van der Waals surface area contributed by atoms with Gasteiger partial charge in [-0.1, -0.05) is 0 Å². The average Bonchev–Trinajstić information content (AvgIpc) is 2.14. The van der Waals surface area contributed by atoms with Crippen LogP contribution in [0.25, 0.3) is 0 Å². The highest BCUT2D eigenvalue weighted by atomic mass is 16.5. The predicted octanol–water partition coefficient (Wildman–Crippen LogP) is 0.404. The van der Waals surface area contributed by atoms with Crippen LogP contribution in [0.1, 0.15) is 13.3 Å². The van der Waals surface area contributed by atoms with Crippen LogP contribution in [0, 0.1) is 5.92 Å². The third-order valence-electron chi connectivity index (χ3n) is 1.54. The number of hydrogen-bond acceptors (Lipinski definition) is 2. The molecule has 2 heteroatoms. The second-order valence-electron chi connectivity index (χ2n) is 2.43. The van der Waals surface area contributed by atoms with E-state index in [9.17, 15) is 0 Å². The minimum atomic E-state index is 0.282. The molecular formula is C6H12O2. The monoisotopic (exact) mass is 116 g/mol. The molecule has 48 valence electrons. The van der Waals surface area contributed by atoms with Crippen LogP contribution in [-0.4, -0.2) is 24.4 Å². The minimum absolute atomic E-state index is 0.282. The molecule has 0 saturated carbocycles. The van der Waals surface area contributed by atoms with Crippen LogP contribution >= 0.6 is 0 Å². The lowest BCUT2D eigenvalue weighted by molar-refractivity contribution is 0.113. The van der Waals surface area contributed by atoms with Crippen molar-refractivity contribution in [1.29, 1.82) is 0 Å². The second-order valence-corrected chi connectivity index (χ2v) is 2.43. The molecule has 1 aliphatic rings. The van der Waals surface area contributed by atoms with Crippen molar-refractivity contribution in [1.82, 2.24) is 0 Å².